The Kier molecular flexibility index (Phi) is 4.83. The van der Waals surface area contributed by atoms with Crippen LogP contribution in [0.15, 0.2) is 29.2 Å². The van der Waals surface area contributed by atoms with E-state index in [1.165, 1.54) is 12.1 Å². The molecule has 0 heterocycles. The Balaban J connectivity index is 3.00. The highest BCUT2D eigenvalue weighted by Gasteiger charge is 2.28. The summed E-state index contributed by atoms with van der Waals surface area (Å²) in [5, 5.41) is 11.3. The van der Waals surface area contributed by atoms with Crippen LogP contribution in [-0.2, 0) is 9.84 Å². The molecular weight excluding hydrogens is 252 g/mol. The normalized spacial score (nSPS) is 11.8. The molecule has 1 rings (SSSR count). The first-order valence-electron chi connectivity index (χ1n) is 4.96. The van der Waals surface area contributed by atoms with Crippen LogP contribution in [0.4, 0.5) is 14.5 Å². The van der Waals surface area contributed by atoms with E-state index in [0.717, 1.165) is 6.07 Å². The van der Waals surface area contributed by atoms with E-state index in [1.807, 2.05) is 0 Å². The fourth-order valence-electron chi connectivity index (χ4n) is 1.26. The molecule has 0 atom stereocenters. The number of hydrogen-bond acceptors (Lipinski definition) is 4. The first-order valence-corrected chi connectivity index (χ1v) is 6.50. The van der Waals surface area contributed by atoms with Gasteiger partial charge in [-0.15, -0.1) is 0 Å². The highest BCUT2D eigenvalue weighted by molar-refractivity contribution is 7.91. The predicted molar refractivity (Wildman–Crippen MR) is 59.8 cm³/mol. The molecule has 96 valence electrons. The molecule has 0 fully saturated rings. The maximum absolute atomic E-state index is 12.4. The zero-order valence-electron chi connectivity index (χ0n) is 8.94. The van der Waals surface area contributed by atoms with Gasteiger partial charge in [-0.3, -0.25) is 0 Å². The Labute approximate surface area is 98.2 Å². The van der Waals surface area contributed by atoms with Gasteiger partial charge >= 0.3 is 5.76 Å². The number of para-hydroxylation sites is 1. The van der Waals surface area contributed by atoms with Crippen molar-refractivity contribution < 1.29 is 22.3 Å². The molecule has 0 bridgehead atoms. The van der Waals surface area contributed by atoms with E-state index >= 15 is 0 Å². The second kappa shape index (κ2) is 5.92. The molecule has 1 aromatic rings. The van der Waals surface area contributed by atoms with Crippen molar-refractivity contribution in [1.29, 1.82) is 0 Å². The zero-order chi connectivity index (χ0) is 12.9. The average Bonchev–Trinajstić information content (AvgIpc) is 2.29. The van der Waals surface area contributed by atoms with E-state index in [9.17, 15) is 17.2 Å². The van der Waals surface area contributed by atoms with Crippen LogP contribution in [0.2, 0.25) is 0 Å². The van der Waals surface area contributed by atoms with Crippen molar-refractivity contribution in [2.45, 2.75) is 17.1 Å². The second-order valence-corrected chi connectivity index (χ2v) is 5.19. The van der Waals surface area contributed by atoms with Crippen molar-refractivity contribution in [1.82, 2.24) is 0 Å². The standard InChI is InChI=1S/C10H13F2NO3S/c11-10(12)17(15,16)9-5-2-1-4-8(9)13-6-3-7-14/h1-2,4-5,10,13-14H,3,6-7H2. The molecule has 7 heteroatoms. The average molecular weight is 265 g/mol. The third-order valence-corrected chi connectivity index (χ3v) is 3.52. The van der Waals surface area contributed by atoms with Gasteiger partial charge in [0.05, 0.1) is 10.6 Å². The SMILES string of the molecule is O=S(=O)(c1ccccc1NCCCO)C(F)F. The zero-order valence-corrected chi connectivity index (χ0v) is 9.75. The number of aliphatic hydroxyl groups is 1. The number of hydrogen-bond donors (Lipinski definition) is 2. The van der Waals surface area contributed by atoms with Gasteiger partial charge < -0.3 is 10.4 Å². The van der Waals surface area contributed by atoms with E-state index in [2.05, 4.69) is 5.32 Å². The lowest BCUT2D eigenvalue weighted by Crippen LogP contribution is -2.14. The summed E-state index contributed by atoms with van der Waals surface area (Å²) < 4.78 is 47.5. The van der Waals surface area contributed by atoms with E-state index in [-0.39, 0.29) is 12.3 Å². The van der Waals surface area contributed by atoms with Crippen LogP contribution in [0.3, 0.4) is 0 Å². The van der Waals surface area contributed by atoms with Gasteiger partial charge in [0, 0.05) is 13.2 Å². The van der Waals surface area contributed by atoms with Crippen LogP contribution in [-0.4, -0.2) is 32.4 Å². The van der Waals surface area contributed by atoms with Crippen molar-refractivity contribution in [3.05, 3.63) is 24.3 Å². The smallest absolute Gasteiger partial charge is 0.341 e. The van der Waals surface area contributed by atoms with E-state index in [4.69, 9.17) is 5.11 Å². The Morgan fingerprint density at radius 1 is 1.29 bits per heavy atom. The van der Waals surface area contributed by atoms with E-state index < -0.39 is 20.5 Å². The Morgan fingerprint density at radius 3 is 2.53 bits per heavy atom. The third-order valence-electron chi connectivity index (χ3n) is 2.08. The van der Waals surface area contributed by atoms with Crippen LogP contribution < -0.4 is 5.32 Å². The molecule has 0 aromatic heterocycles. The van der Waals surface area contributed by atoms with Gasteiger partial charge in [-0.25, -0.2) is 8.42 Å². The number of halogens is 2. The van der Waals surface area contributed by atoms with Crippen molar-refractivity contribution in [2.75, 3.05) is 18.5 Å². The predicted octanol–water partition coefficient (Wildman–Crippen LogP) is 1.48. The molecule has 0 radical (unpaired) electrons. The molecule has 0 aliphatic rings. The van der Waals surface area contributed by atoms with Crippen molar-refractivity contribution in [3.63, 3.8) is 0 Å². The summed E-state index contributed by atoms with van der Waals surface area (Å²) in [7, 11) is -4.60. The number of nitrogens with one attached hydrogen (secondary N) is 1. The summed E-state index contributed by atoms with van der Waals surface area (Å²) in [4.78, 5) is -0.423. The lowest BCUT2D eigenvalue weighted by atomic mass is 10.3. The Bertz CT molecular complexity index is 462. The minimum atomic E-state index is -4.60. The fourth-order valence-corrected chi connectivity index (χ4v) is 2.17. The van der Waals surface area contributed by atoms with Crippen molar-refractivity contribution in [3.8, 4) is 0 Å². The topological polar surface area (TPSA) is 66.4 Å². The summed E-state index contributed by atoms with van der Waals surface area (Å²) >= 11 is 0. The van der Waals surface area contributed by atoms with Gasteiger partial charge in [-0.05, 0) is 18.6 Å². The van der Waals surface area contributed by atoms with Crippen LogP contribution in [0.1, 0.15) is 6.42 Å². The maximum Gasteiger partial charge on any atom is 0.341 e. The molecular formula is C10H13F2NO3S. The minimum Gasteiger partial charge on any atom is -0.396 e. The summed E-state index contributed by atoms with van der Waals surface area (Å²) in [6.45, 7) is 0.253. The van der Waals surface area contributed by atoms with Crippen LogP contribution in [0.25, 0.3) is 0 Å². The third kappa shape index (κ3) is 3.37. The first-order chi connectivity index (χ1) is 8.00. The van der Waals surface area contributed by atoms with Crippen molar-refractivity contribution >= 4 is 15.5 Å². The summed E-state index contributed by atoms with van der Waals surface area (Å²) in [5.74, 6) is -3.44. The lowest BCUT2D eigenvalue weighted by Gasteiger charge is -2.11. The molecule has 17 heavy (non-hydrogen) atoms. The maximum atomic E-state index is 12.4. The first kappa shape index (κ1) is 13.9. The molecule has 0 aliphatic carbocycles. The highest BCUT2D eigenvalue weighted by Crippen LogP contribution is 2.25. The van der Waals surface area contributed by atoms with Crippen LogP contribution >= 0.6 is 0 Å². The van der Waals surface area contributed by atoms with Gasteiger partial charge in [0.2, 0.25) is 9.84 Å². The number of alkyl halides is 2. The monoisotopic (exact) mass is 265 g/mol. The Morgan fingerprint density at radius 2 is 1.94 bits per heavy atom. The highest BCUT2D eigenvalue weighted by atomic mass is 32.2. The minimum absolute atomic E-state index is 0.0588. The summed E-state index contributed by atoms with van der Waals surface area (Å²) in [5.41, 5.74) is 0.126. The van der Waals surface area contributed by atoms with E-state index in [0.29, 0.717) is 13.0 Å². The molecule has 0 saturated heterocycles. The van der Waals surface area contributed by atoms with Gasteiger partial charge in [0.15, 0.2) is 0 Å². The molecule has 0 aliphatic heterocycles. The molecule has 0 spiro atoms. The number of sulfone groups is 1. The number of aliphatic hydroxyl groups excluding tert-OH is 1. The fraction of sp³-hybridized carbons (Fsp3) is 0.400. The molecule has 2 N–H and O–H groups in total. The van der Waals surface area contributed by atoms with Gasteiger partial charge in [0.1, 0.15) is 0 Å². The Hall–Kier alpha value is -1.21. The quantitative estimate of drug-likeness (QED) is 0.764. The van der Waals surface area contributed by atoms with Crippen LogP contribution in [0, 0.1) is 0 Å². The largest absolute Gasteiger partial charge is 0.396 e. The van der Waals surface area contributed by atoms with Gasteiger partial charge in [0.25, 0.3) is 0 Å². The van der Waals surface area contributed by atoms with E-state index in [1.54, 1.807) is 6.07 Å². The summed E-state index contributed by atoms with van der Waals surface area (Å²) in [6.07, 6.45) is 0.406. The number of anilines is 1. The van der Waals surface area contributed by atoms with Crippen molar-refractivity contribution in [2.24, 2.45) is 0 Å². The van der Waals surface area contributed by atoms with Gasteiger partial charge in [-0.2, -0.15) is 8.78 Å². The van der Waals surface area contributed by atoms with Crippen LogP contribution in [0.5, 0.6) is 0 Å². The molecule has 0 amide bonds. The summed E-state index contributed by atoms with van der Waals surface area (Å²) in [6, 6.07) is 5.47. The lowest BCUT2D eigenvalue weighted by molar-refractivity contribution is 0.235. The molecule has 4 nitrogen and oxygen atoms in total. The molecule has 1 aromatic carbocycles. The second-order valence-electron chi connectivity index (χ2n) is 3.31. The number of rotatable bonds is 6. The number of benzene rings is 1. The molecule has 0 unspecified atom stereocenters. The molecule has 0 saturated carbocycles. The van der Waals surface area contributed by atoms with Gasteiger partial charge in [-0.1, -0.05) is 12.1 Å².